The molecule has 136 valence electrons. The highest BCUT2D eigenvalue weighted by Gasteiger charge is 2.12. The highest BCUT2D eigenvalue weighted by Crippen LogP contribution is 2.09. The molecule has 9 nitrogen and oxygen atoms in total. The summed E-state index contributed by atoms with van der Waals surface area (Å²) in [5.41, 5.74) is 0. The number of rotatable bonds is 10. The largest absolute Gasteiger partial charge is 0.442 e. The Labute approximate surface area is 150 Å². The van der Waals surface area contributed by atoms with Crippen molar-refractivity contribution in [1.29, 1.82) is 0 Å². The summed E-state index contributed by atoms with van der Waals surface area (Å²) >= 11 is 0. The molecule has 0 unspecified atom stereocenters. The zero-order valence-corrected chi connectivity index (χ0v) is 14.6. The minimum atomic E-state index is -0.174. The van der Waals surface area contributed by atoms with Gasteiger partial charge < -0.3 is 9.73 Å². The average Bonchev–Trinajstić information content (AvgIpc) is 3.35. The summed E-state index contributed by atoms with van der Waals surface area (Å²) in [5, 5.41) is 7.25. The summed E-state index contributed by atoms with van der Waals surface area (Å²) in [6.45, 7) is 2.53. The molecule has 0 radical (unpaired) electrons. The molecule has 0 aromatic carbocycles. The lowest BCUT2D eigenvalue weighted by molar-refractivity contribution is 0.0953. The average molecular weight is 355 g/mol. The van der Waals surface area contributed by atoms with Gasteiger partial charge in [-0.25, -0.2) is 9.67 Å². The van der Waals surface area contributed by atoms with Gasteiger partial charge in [0, 0.05) is 31.8 Å². The zero-order valence-electron chi connectivity index (χ0n) is 14.6. The van der Waals surface area contributed by atoms with Crippen LogP contribution in [-0.4, -0.2) is 42.0 Å². The van der Waals surface area contributed by atoms with Gasteiger partial charge in [-0.1, -0.05) is 19.8 Å². The first kappa shape index (κ1) is 17.7. The number of hydrogen-bond acceptors (Lipinski definition) is 8. The summed E-state index contributed by atoms with van der Waals surface area (Å²) < 4.78 is 6.59. The molecule has 26 heavy (non-hydrogen) atoms. The third-order valence-corrected chi connectivity index (χ3v) is 3.69. The maximum Gasteiger partial charge on any atom is 0.263 e. The van der Waals surface area contributed by atoms with E-state index >= 15 is 0 Å². The molecule has 0 saturated carbocycles. The van der Waals surface area contributed by atoms with Crippen molar-refractivity contribution < 1.29 is 9.21 Å². The Balaban J connectivity index is 1.67. The van der Waals surface area contributed by atoms with Crippen LogP contribution in [0.3, 0.4) is 0 Å². The smallest absolute Gasteiger partial charge is 0.263 e. The van der Waals surface area contributed by atoms with Crippen LogP contribution in [0, 0.1) is 0 Å². The van der Waals surface area contributed by atoms with Crippen LogP contribution in [0.4, 0.5) is 5.95 Å². The lowest BCUT2D eigenvalue weighted by Crippen LogP contribution is -2.15. The van der Waals surface area contributed by atoms with Crippen molar-refractivity contribution in [3.63, 3.8) is 0 Å². The number of unbranched alkanes of at least 4 members (excludes halogenated alkanes) is 2. The van der Waals surface area contributed by atoms with Gasteiger partial charge in [-0.3, -0.25) is 4.79 Å². The predicted octanol–water partition coefficient (Wildman–Crippen LogP) is 2.46. The van der Waals surface area contributed by atoms with Gasteiger partial charge in [0.25, 0.3) is 11.8 Å². The van der Waals surface area contributed by atoms with Gasteiger partial charge in [0.1, 0.15) is 12.1 Å². The highest BCUT2D eigenvalue weighted by molar-refractivity contribution is 5.91. The first-order chi connectivity index (χ1) is 12.8. The van der Waals surface area contributed by atoms with E-state index < -0.39 is 0 Å². The van der Waals surface area contributed by atoms with E-state index in [9.17, 15) is 4.79 Å². The molecule has 0 fully saturated rings. The first-order valence-electron chi connectivity index (χ1n) is 8.68. The topological polar surface area (TPSA) is 112 Å². The Hall–Kier alpha value is -3.10. The van der Waals surface area contributed by atoms with E-state index in [4.69, 9.17) is 4.42 Å². The number of nitrogens with zero attached hydrogens (tertiary/aromatic N) is 6. The second-order valence-electron chi connectivity index (χ2n) is 5.72. The summed E-state index contributed by atoms with van der Waals surface area (Å²) in [6.07, 6.45) is 10.5. The van der Waals surface area contributed by atoms with Crippen LogP contribution >= 0.6 is 0 Å². The minimum Gasteiger partial charge on any atom is -0.442 e. The molecule has 0 atom stereocenters. The number of aromatic nitrogens is 6. The molecule has 3 aromatic heterocycles. The van der Waals surface area contributed by atoms with Gasteiger partial charge in [-0.2, -0.15) is 20.1 Å². The van der Waals surface area contributed by atoms with Gasteiger partial charge in [0.15, 0.2) is 0 Å². The Morgan fingerprint density at radius 2 is 2.15 bits per heavy atom. The second-order valence-corrected chi connectivity index (χ2v) is 5.72. The van der Waals surface area contributed by atoms with E-state index in [0.717, 1.165) is 25.7 Å². The van der Waals surface area contributed by atoms with Crippen LogP contribution < -0.4 is 5.32 Å². The fourth-order valence-corrected chi connectivity index (χ4v) is 2.38. The van der Waals surface area contributed by atoms with Crippen LogP contribution in [0.1, 0.15) is 49.1 Å². The number of ketones is 1. The van der Waals surface area contributed by atoms with Crippen LogP contribution in [0.5, 0.6) is 0 Å². The molecule has 0 aliphatic rings. The van der Waals surface area contributed by atoms with E-state index in [-0.39, 0.29) is 18.1 Å². The van der Waals surface area contributed by atoms with Crippen molar-refractivity contribution in [3.8, 4) is 5.95 Å². The monoisotopic (exact) mass is 355 g/mol. The maximum absolute atomic E-state index is 11.9. The van der Waals surface area contributed by atoms with E-state index in [1.165, 1.54) is 12.5 Å². The van der Waals surface area contributed by atoms with E-state index in [2.05, 4.69) is 37.3 Å². The molecule has 0 amide bonds. The molecule has 3 heterocycles. The van der Waals surface area contributed by atoms with Gasteiger partial charge in [0.2, 0.25) is 11.7 Å². The van der Waals surface area contributed by atoms with Gasteiger partial charge in [-0.05, 0) is 12.5 Å². The predicted molar refractivity (Wildman–Crippen MR) is 94.1 cm³/mol. The molecule has 3 aromatic rings. The van der Waals surface area contributed by atoms with Crippen molar-refractivity contribution >= 4 is 11.7 Å². The Kier molecular flexibility index (Phi) is 6.02. The van der Waals surface area contributed by atoms with E-state index in [1.807, 2.05) is 6.07 Å². The lowest BCUT2D eigenvalue weighted by atomic mass is 10.2. The summed E-state index contributed by atoms with van der Waals surface area (Å²) in [5.74, 6) is 1.53. The Bertz CT molecular complexity index is 816. The number of carbonyl (C=O) groups excluding carboxylic acids is 1. The third-order valence-electron chi connectivity index (χ3n) is 3.69. The molecule has 0 aliphatic carbocycles. The maximum atomic E-state index is 11.9. The van der Waals surface area contributed by atoms with Crippen LogP contribution in [0.2, 0.25) is 0 Å². The van der Waals surface area contributed by atoms with Crippen molar-refractivity contribution in [2.45, 2.75) is 39.0 Å². The SMILES string of the molecule is CCCCCc1nc(NCCC(=O)c2ncco2)nc(-n2cccn2)n1. The number of Topliss-reactive ketones (excluding diaryl/α,β-unsaturated/α-hetero) is 1. The Morgan fingerprint density at radius 1 is 1.23 bits per heavy atom. The van der Waals surface area contributed by atoms with Gasteiger partial charge in [0.05, 0.1) is 6.20 Å². The summed E-state index contributed by atoms with van der Waals surface area (Å²) in [6, 6.07) is 1.81. The molecule has 0 saturated heterocycles. The highest BCUT2D eigenvalue weighted by atomic mass is 16.3. The molecular formula is C17H21N7O2. The fourth-order valence-electron chi connectivity index (χ4n) is 2.38. The normalized spacial score (nSPS) is 10.8. The fraction of sp³-hybridized carbons (Fsp3) is 0.412. The number of carbonyl (C=O) groups is 1. The summed E-state index contributed by atoms with van der Waals surface area (Å²) in [7, 11) is 0. The molecule has 3 rings (SSSR count). The van der Waals surface area contributed by atoms with Crippen LogP contribution in [0.15, 0.2) is 35.3 Å². The number of hydrogen-bond donors (Lipinski definition) is 1. The minimum absolute atomic E-state index is 0.111. The quantitative estimate of drug-likeness (QED) is 0.436. The summed E-state index contributed by atoms with van der Waals surface area (Å²) in [4.78, 5) is 29.1. The van der Waals surface area contributed by atoms with Crippen molar-refractivity contribution in [3.05, 3.63) is 42.6 Å². The molecule has 0 bridgehead atoms. The number of aryl methyl sites for hydroxylation is 1. The van der Waals surface area contributed by atoms with Crippen molar-refractivity contribution in [2.75, 3.05) is 11.9 Å². The molecule has 0 spiro atoms. The lowest BCUT2D eigenvalue weighted by Gasteiger charge is -2.08. The van der Waals surface area contributed by atoms with Crippen LogP contribution in [0.25, 0.3) is 5.95 Å². The van der Waals surface area contributed by atoms with Gasteiger partial charge >= 0.3 is 0 Å². The molecule has 0 aliphatic heterocycles. The molecule has 1 N–H and O–H groups in total. The van der Waals surface area contributed by atoms with E-state index in [1.54, 1.807) is 17.1 Å². The van der Waals surface area contributed by atoms with Crippen LogP contribution in [-0.2, 0) is 6.42 Å². The number of oxazole rings is 1. The van der Waals surface area contributed by atoms with E-state index in [0.29, 0.717) is 24.3 Å². The first-order valence-corrected chi connectivity index (χ1v) is 8.68. The van der Waals surface area contributed by atoms with Crippen molar-refractivity contribution in [1.82, 2.24) is 29.7 Å². The number of nitrogens with one attached hydrogen (secondary N) is 1. The molecule has 9 heteroatoms. The zero-order chi connectivity index (χ0) is 18.2. The van der Waals surface area contributed by atoms with Crippen molar-refractivity contribution in [2.24, 2.45) is 0 Å². The van der Waals surface area contributed by atoms with Gasteiger partial charge in [-0.15, -0.1) is 0 Å². The Morgan fingerprint density at radius 3 is 2.88 bits per heavy atom. The third kappa shape index (κ3) is 4.71. The molecular weight excluding hydrogens is 334 g/mol. The standard InChI is InChI=1S/C17H21N7O2/c1-2-3-4-6-14-21-16(23-17(22-14)24-11-5-8-20-24)19-9-7-13(25)15-18-10-12-26-15/h5,8,10-12H,2-4,6-7,9H2,1H3,(H,19,21,22,23). The number of anilines is 1. The second kappa shape index (κ2) is 8.84.